The van der Waals surface area contributed by atoms with Crippen molar-refractivity contribution in [3.63, 3.8) is 0 Å². The molecule has 1 atom stereocenters. The average molecular weight is 282 g/mol. The number of halogens is 1. The Morgan fingerprint density at radius 2 is 2.16 bits per heavy atom. The van der Waals surface area contributed by atoms with E-state index < -0.39 is 0 Å². The molecule has 1 fully saturated rings. The van der Waals surface area contributed by atoms with Crippen molar-refractivity contribution in [3.8, 4) is 0 Å². The molecule has 2 rings (SSSR count). The molecule has 0 N–H and O–H groups in total. The lowest BCUT2D eigenvalue weighted by molar-refractivity contribution is 0.139. The summed E-state index contributed by atoms with van der Waals surface area (Å²) in [7, 11) is 4.31. The van der Waals surface area contributed by atoms with Crippen LogP contribution in [0.1, 0.15) is 12.8 Å². The van der Waals surface area contributed by atoms with Crippen LogP contribution in [-0.2, 0) is 0 Å². The summed E-state index contributed by atoms with van der Waals surface area (Å²) in [5.41, 5.74) is 0. The highest BCUT2D eigenvalue weighted by Crippen LogP contribution is 2.22. The lowest BCUT2D eigenvalue weighted by Crippen LogP contribution is -2.45. The third kappa shape index (κ3) is 4.48. The summed E-state index contributed by atoms with van der Waals surface area (Å²) in [6.07, 6.45) is 2.57. The van der Waals surface area contributed by atoms with Crippen LogP contribution < -0.4 is 0 Å². The van der Waals surface area contributed by atoms with Crippen molar-refractivity contribution < 1.29 is 4.39 Å². The third-order valence-corrected chi connectivity index (χ3v) is 4.74. The van der Waals surface area contributed by atoms with Crippen LogP contribution in [0, 0.1) is 5.82 Å². The Balaban J connectivity index is 1.75. The molecule has 1 aromatic carbocycles. The molecule has 1 aliphatic heterocycles. The average Bonchev–Trinajstić information content (AvgIpc) is 2.41. The van der Waals surface area contributed by atoms with Crippen molar-refractivity contribution in [1.29, 1.82) is 0 Å². The Morgan fingerprint density at radius 1 is 1.37 bits per heavy atom. The fraction of sp³-hybridized carbons (Fsp3) is 0.600. The van der Waals surface area contributed by atoms with Gasteiger partial charge in [0.05, 0.1) is 0 Å². The SMILES string of the molecule is CN(C)C1CCCN(CCSc2ccccc2F)C1. The highest BCUT2D eigenvalue weighted by molar-refractivity contribution is 7.99. The standard InChI is InChI=1S/C15H23FN2S/c1-17(2)13-6-5-9-18(12-13)10-11-19-15-8-4-3-7-14(15)16/h3-4,7-8,13H,5-6,9-12H2,1-2H3. The zero-order chi connectivity index (χ0) is 13.7. The quantitative estimate of drug-likeness (QED) is 0.767. The summed E-state index contributed by atoms with van der Waals surface area (Å²) in [6, 6.07) is 7.71. The number of benzene rings is 1. The van der Waals surface area contributed by atoms with Crippen LogP contribution in [0.2, 0.25) is 0 Å². The molecule has 0 aliphatic carbocycles. The van der Waals surface area contributed by atoms with Gasteiger partial charge in [-0.2, -0.15) is 0 Å². The van der Waals surface area contributed by atoms with Crippen LogP contribution >= 0.6 is 11.8 Å². The number of thioether (sulfide) groups is 1. The summed E-state index contributed by atoms with van der Waals surface area (Å²) in [6.45, 7) is 3.37. The number of rotatable bonds is 5. The molecule has 0 bridgehead atoms. The lowest BCUT2D eigenvalue weighted by atomic mass is 10.1. The minimum Gasteiger partial charge on any atom is -0.305 e. The first-order valence-electron chi connectivity index (χ1n) is 6.93. The number of likely N-dealkylation sites (tertiary alicyclic amines) is 1. The predicted octanol–water partition coefficient (Wildman–Crippen LogP) is 2.94. The number of likely N-dealkylation sites (N-methyl/N-ethyl adjacent to an activating group) is 1. The van der Waals surface area contributed by atoms with Crippen LogP contribution in [0.4, 0.5) is 4.39 Å². The molecule has 4 heteroatoms. The predicted molar refractivity (Wildman–Crippen MR) is 80.3 cm³/mol. The maximum atomic E-state index is 13.5. The Hall–Kier alpha value is -0.580. The van der Waals surface area contributed by atoms with E-state index in [1.54, 1.807) is 17.8 Å². The van der Waals surface area contributed by atoms with E-state index >= 15 is 0 Å². The van der Waals surface area contributed by atoms with E-state index in [2.05, 4.69) is 23.9 Å². The molecular weight excluding hydrogens is 259 g/mol. The molecule has 1 saturated heterocycles. The van der Waals surface area contributed by atoms with Gasteiger partial charge < -0.3 is 9.80 Å². The van der Waals surface area contributed by atoms with Crippen molar-refractivity contribution in [3.05, 3.63) is 30.1 Å². The molecule has 1 heterocycles. The first-order chi connectivity index (χ1) is 9.16. The lowest BCUT2D eigenvalue weighted by Gasteiger charge is -2.36. The Morgan fingerprint density at radius 3 is 2.89 bits per heavy atom. The van der Waals surface area contributed by atoms with Crippen molar-refractivity contribution in [2.24, 2.45) is 0 Å². The molecule has 19 heavy (non-hydrogen) atoms. The van der Waals surface area contributed by atoms with Crippen molar-refractivity contribution in [2.45, 2.75) is 23.8 Å². The maximum Gasteiger partial charge on any atom is 0.136 e. The van der Waals surface area contributed by atoms with E-state index in [0.717, 1.165) is 23.7 Å². The Bertz CT molecular complexity index is 397. The van der Waals surface area contributed by atoms with E-state index in [1.165, 1.54) is 25.5 Å². The second-order valence-corrected chi connectivity index (χ2v) is 6.48. The minimum atomic E-state index is -0.0997. The van der Waals surface area contributed by atoms with E-state index in [1.807, 2.05) is 12.1 Å². The smallest absolute Gasteiger partial charge is 0.136 e. The number of nitrogens with zero attached hydrogens (tertiary/aromatic N) is 2. The molecule has 1 aliphatic rings. The van der Waals surface area contributed by atoms with Gasteiger partial charge >= 0.3 is 0 Å². The van der Waals surface area contributed by atoms with E-state index in [-0.39, 0.29) is 5.82 Å². The van der Waals surface area contributed by atoms with Crippen molar-refractivity contribution >= 4 is 11.8 Å². The molecule has 106 valence electrons. The van der Waals surface area contributed by atoms with Crippen molar-refractivity contribution in [1.82, 2.24) is 9.80 Å². The first-order valence-corrected chi connectivity index (χ1v) is 7.91. The highest BCUT2D eigenvalue weighted by atomic mass is 32.2. The molecule has 1 unspecified atom stereocenters. The fourth-order valence-electron chi connectivity index (χ4n) is 2.50. The van der Waals surface area contributed by atoms with E-state index in [9.17, 15) is 4.39 Å². The molecule has 0 spiro atoms. The number of piperidine rings is 1. The van der Waals surface area contributed by atoms with Crippen LogP contribution in [0.15, 0.2) is 29.2 Å². The van der Waals surface area contributed by atoms with Gasteiger partial charge in [-0.3, -0.25) is 0 Å². The number of hydrogen-bond acceptors (Lipinski definition) is 3. The van der Waals surface area contributed by atoms with Crippen LogP contribution in [0.5, 0.6) is 0 Å². The largest absolute Gasteiger partial charge is 0.305 e. The van der Waals surface area contributed by atoms with Crippen LogP contribution in [0.3, 0.4) is 0 Å². The summed E-state index contributed by atoms with van der Waals surface area (Å²) in [5, 5.41) is 0. The highest BCUT2D eigenvalue weighted by Gasteiger charge is 2.20. The number of hydrogen-bond donors (Lipinski definition) is 0. The fourth-order valence-corrected chi connectivity index (χ4v) is 3.45. The Labute approximate surface area is 120 Å². The zero-order valence-corrected chi connectivity index (χ0v) is 12.6. The monoisotopic (exact) mass is 282 g/mol. The van der Waals surface area contributed by atoms with Gasteiger partial charge in [0, 0.05) is 29.8 Å². The normalized spacial score (nSPS) is 20.9. The van der Waals surface area contributed by atoms with Gasteiger partial charge in [0.15, 0.2) is 0 Å². The molecule has 2 nitrogen and oxygen atoms in total. The van der Waals surface area contributed by atoms with E-state index in [4.69, 9.17) is 0 Å². The molecule has 0 aromatic heterocycles. The summed E-state index contributed by atoms with van der Waals surface area (Å²) >= 11 is 1.62. The van der Waals surface area contributed by atoms with E-state index in [0.29, 0.717) is 6.04 Å². The third-order valence-electron chi connectivity index (χ3n) is 3.71. The second kappa shape index (κ2) is 7.27. The molecule has 0 saturated carbocycles. The molecule has 0 amide bonds. The topological polar surface area (TPSA) is 6.48 Å². The molecule has 0 radical (unpaired) electrons. The van der Waals surface area contributed by atoms with Crippen LogP contribution in [0.25, 0.3) is 0 Å². The van der Waals surface area contributed by atoms with Crippen LogP contribution in [-0.4, -0.2) is 55.3 Å². The van der Waals surface area contributed by atoms with Gasteiger partial charge in [0.1, 0.15) is 5.82 Å². The summed E-state index contributed by atoms with van der Waals surface area (Å²) in [5.74, 6) is 0.860. The van der Waals surface area contributed by atoms with Gasteiger partial charge in [-0.1, -0.05) is 12.1 Å². The Kier molecular flexibility index (Phi) is 5.67. The van der Waals surface area contributed by atoms with Gasteiger partial charge in [-0.25, -0.2) is 4.39 Å². The summed E-state index contributed by atoms with van der Waals surface area (Å²) < 4.78 is 13.5. The van der Waals surface area contributed by atoms with Gasteiger partial charge in [0.2, 0.25) is 0 Å². The molecule has 1 aromatic rings. The minimum absolute atomic E-state index is 0.0997. The van der Waals surface area contributed by atoms with Gasteiger partial charge in [0.25, 0.3) is 0 Å². The second-order valence-electron chi connectivity index (χ2n) is 5.34. The van der Waals surface area contributed by atoms with Gasteiger partial charge in [-0.15, -0.1) is 11.8 Å². The van der Waals surface area contributed by atoms with Gasteiger partial charge in [-0.05, 0) is 45.6 Å². The summed E-state index contributed by atoms with van der Waals surface area (Å²) in [4.78, 5) is 5.58. The maximum absolute atomic E-state index is 13.5. The van der Waals surface area contributed by atoms with Crippen molar-refractivity contribution in [2.75, 3.05) is 39.5 Å². The zero-order valence-electron chi connectivity index (χ0n) is 11.8. The molecular formula is C15H23FN2S. The first kappa shape index (κ1) is 14.8.